The number of unbranched alkanes of at least 4 members (excludes halogenated alkanes) is 22. The zero-order valence-corrected chi connectivity index (χ0v) is 39.2. The lowest BCUT2D eigenvalue weighted by atomic mass is 10.1. The van der Waals surface area contributed by atoms with E-state index in [0.717, 1.165) is 141 Å². The van der Waals surface area contributed by atoms with Crippen LogP contribution in [0.4, 0.5) is 0 Å². The third kappa shape index (κ3) is 45.9. The minimum atomic E-state index is -0.793. The van der Waals surface area contributed by atoms with Gasteiger partial charge in [0.1, 0.15) is 13.2 Å². The molecule has 0 aliphatic carbocycles. The second kappa shape index (κ2) is 48.5. The number of allylic oxidation sites excluding steroid dienone is 12. The lowest BCUT2D eigenvalue weighted by Gasteiger charge is -2.18. The van der Waals surface area contributed by atoms with Gasteiger partial charge in [-0.05, 0) is 96.3 Å². The highest BCUT2D eigenvalue weighted by Crippen LogP contribution is 2.13. The molecule has 60 heavy (non-hydrogen) atoms. The Hall–Kier alpha value is -3.15. The number of hydrogen-bond donors (Lipinski definition) is 0. The normalized spacial score (nSPS) is 12.7. The van der Waals surface area contributed by atoms with Gasteiger partial charge in [-0.15, -0.1) is 0 Å². The van der Waals surface area contributed by atoms with Gasteiger partial charge in [-0.3, -0.25) is 14.4 Å². The average molecular weight is 837 g/mol. The number of carbonyl (C=O) groups excluding carboxylic acids is 3. The number of esters is 3. The maximum absolute atomic E-state index is 12.7. The molecule has 6 heteroatoms. The van der Waals surface area contributed by atoms with Gasteiger partial charge in [0.2, 0.25) is 0 Å². The van der Waals surface area contributed by atoms with Crippen molar-refractivity contribution in [2.75, 3.05) is 13.2 Å². The molecule has 0 N–H and O–H groups in total. The number of hydrogen-bond acceptors (Lipinski definition) is 6. The summed E-state index contributed by atoms with van der Waals surface area (Å²) in [4.78, 5) is 37.9. The minimum Gasteiger partial charge on any atom is -0.462 e. The summed E-state index contributed by atoms with van der Waals surface area (Å²) in [6.45, 7) is 6.37. The van der Waals surface area contributed by atoms with Gasteiger partial charge in [-0.1, -0.05) is 190 Å². The summed E-state index contributed by atoms with van der Waals surface area (Å²) >= 11 is 0. The second-order valence-corrected chi connectivity index (χ2v) is 16.3. The first-order valence-electron chi connectivity index (χ1n) is 25.0. The van der Waals surface area contributed by atoms with E-state index in [4.69, 9.17) is 14.2 Å². The average Bonchev–Trinajstić information content (AvgIpc) is 3.24. The van der Waals surface area contributed by atoms with E-state index in [-0.39, 0.29) is 31.1 Å². The number of ether oxygens (including phenoxy) is 3. The Morgan fingerprint density at radius 1 is 0.367 bits per heavy atom. The van der Waals surface area contributed by atoms with Crippen molar-refractivity contribution in [3.8, 4) is 0 Å². The van der Waals surface area contributed by atoms with Crippen LogP contribution in [0, 0.1) is 0 Å². The summed E-state index contributed by atoms with van der Waals surface area (Å²) in [5.74, 6) is -0.940. The van der Waals surface area contributed by atoms with Gasteiger partial charge in [0, 0.05) is 19.3 Å². The topological polar surface area (TPSA) is 78.9 Å². The van der Waals surface area contributed by atoms with Crippen LogP contribution in [0.15, 0.2) is 72.9 Å². The molecule has 0 aromatic carbocycles. The van der Waals surface area contributed by atoms with Gasteiger partial charge in [-0.25, -0.2) is 0 Å². The molecule has 6 nitrogen and oxygen atoms in total. The van der Waals surface area contributed by atoms with Crippen LogP contribution in [0.2, 0.25) is 0 Å². The molecule has 0 fully saturated rings. The van der Waals surface area contributed by atoms with Gasteiger partial charge in [0.05, 0.1) is 0 Å². The lowest BCUT2D eigenvalue weighted by molar-refractivity contribution is -0.167. The Balaban J connectivity index is 4.40. The largest absolute Gasteiger partial charge is 0.462 e. The highest BCUT2D eigenvalue weighted by molar-refractivity contribution is 5.71. The molecule has 0 amide bonds. The Kier molecular flexibility index (Phi) is 46.0. The molecule has 0 rings (SSSR count). The maximum Gasteiger partial charge on any atom is 0.306 e. The van der Waals surface area contributed by atoms with E-state index >= 15 is 0 Å². The van der Waals surface area contributed by atoms with Crippen molar-refractivity contribution in [1.82, 2.24) is 0 Å². The Labute approximate surface area is 370 Å². The first-order valence-corrected chi connectivity index (χ1v) is 25.0. The fourth-order valence-electron chi connectivity index (χ4n) is 6.74. The van der Waals surface area contributed by atoms with Gasteiger partial charge < -0.3 is 14.2 Å². The molecule has 0 radical (unpaired) electrons. The van der Waals surface area contributed by atoms with Crippen LogP contribution in [-0.2, 0) is 28.6 Å². The van der Waals surface area contributed by atoms with Crippen LogP contribution >= 0.6 is 0 Å². The molecule has 0 saturated carbocycles. The highest BCUT2D eigenvalue weighted by Gasteiger charge is 2.19. The molecular formula is C54H92O6. The summed E-state index contributed by atoms with van der Waals surface area (Å²) in [6.07, 6.45) is 60.3. The third-order valence-corrected chi connectivity index (χ3v) is 10.5. The van der Waals surface area contributed by atoms with Gasteiger partial charge in [-0.2, -0.15) is 0 Å². The minimum absolute atomic E-state index is 0.0944. The van der Waals surface area contributed by atoms with Crippen LogP contribution in [0.1, 0.15) is 233 Å². The predicted octanol–water partition coefficient (Wildman–Crippen LogP) is 16.3. The van der Waals surface area contributed by atoms with E-state index in [2.05, 4.69) is 93.7 Å². The van der Waals surface area contributed by atoms with Crippen LogP contribution in [-0.4, -0.2) is 37.2 Å². The molecular weight excluding hydrogens is 745 g/mol. The van der Waals surface area contributed by atoms with Gasteiger partial charge in [0.25, 0.3) is 0 Å². The summed E-state index contributed by atoms with van der Waals surface area (Å²) < 4.78 is 16.7. The first kappa shape index (κ1) is 56.9. The molecule has 344 valence electrons. The molecule has 1 atom stereocenters. The van der Waals surface area contributed by atoms with E-state index < -0.39 is 6.10 Å². The maximum atomic E-state index is 12.7. The van der Waals surface area contributed by atoms with Crippen molar-refractivity contribution < 1.29 is 28.6 Å². The van der Waals surface area contributed by atoms with Gasteiger partial charge >= 0.3 is 17.9 Å². The molecule has 0 bridgehead atoms. The fraction of sp³-hybridized carbons (Fsp3) is 0.722. The smallest absolute Gasteiger partial charge is 0.306 e. The van der Waals surface area contributed by atoms with E-state index in [1.54, 1.807) is 0 Å². The van der Waals surface area contributed by atoms with Crippen molar-refractivity contribution >= 4 is 17.9 Å². The van der Waals surface area contributed by atoms with E-state index in [9.17, 15) is 14.4 Å². The molecule has 0 aliphatic heterocycles. The zero-order valence-electron chi connectivity index (χ0n) is 39.2. The van der Waals surface area contributed by atoms with Crippen LogP contribution in [0.3, 0.4) is 0 Å². The Morgan fingerprint density at radius 2 is 0.700 bits per heavy atom. The standard InChI is InChI=1S/C54H92O6/c1-4-7-10-13-16-19-22-25-26-27-28-29-30-33-35-38-41-44-47-53(56)59-50-51(60-54(57)48-45-42-39-36-32-24-21-18-15-12-9-6-3)49-58-52(55)46-43-40-37-34-31-23-20-17-14-11-8-5-2/h8-9,11-12,17-18,20-21,26-29,51H,4-7,10,13-16,19,22-25,30-50H2,1-3H3/b11-8-,12-9-,20-17-,21-18-,27-26-,29-28-. The van der Waals surface area contributed by atoms with Crippen molar-refractivity contribution in [1.29, 1.82) is 0 Å². The number of rotatable bonds is 44. The SMILES string of the molecule is CC/C=C\C/C=C\CCCCCCCC(=O)OCC(COC(=O)CCCCCCC/C=C\C=C/CCCCCCCCC)OC(=O)CCCCCCC/C=C\C/C=C\CC. The Bertz CT molecular complexity index is 1140. The van der Waals surface area contributed by atoms with E-state index in [1.807, 2.05) is 0 Å². The van der Waals surface area contributed by atoms with E-state index in [0.29, 0.717) is 19.3 Å². The summed E-state index contributed by atoms with van der Waals surface area (Å²) in [5.41, 5.74) is 0. The molecule has 0 saturated heterocycles. The van der Waals surface area contributed by atoms with E-state index in [1.165, 1.54) is 51.4 Å². The highest BCUT2D eigenvalue weighted by atomic mass is 16.6. The molecule has 0 spiro atoms. The number of carbonyl (C=O) groups is 3. The first-order chi connectivity index (χ1) is 29.5. The third-order valence-electron chi connectivity index (χ3n) is 10.5. The second-order valence-electron chi connectivity index (χ2n) is 16.3. The lowest BCUT2D eigenvalue weighted by Crippen LogP contribution is -2.30. The fourth-order valence-corrected chi connectivity index (χ4v) is 6.74. The van der Waals surface area contributed by atoms with Gasteiger partial charge in [0.15, 0.2) is 6.10 Å². The van der Waals surface area contributed by atoms with Crippen molar-refractivity contribution in [2.45, 2.75) is 239 Å². The molecule has 0 heterocycles. The molecule has 0 aliphatic rings. The summed E-state index contributed by atoms with van der Waals surface area (Å²) in [6, 6.07) is 0. The quantitative estimate of drug-likeness (QED) is 0.0200. The Morgan fingerprint density at radius 3 is 1.10 bits per heavy atom. The van der Waals surface area contributed by atoms with Crippen LogP contribution in [0.25, 0.3) is 0 Å². The molecule has 0 aromatic heterocycles. The summed E-state index contributed by atoms with van der Waals surface area (Å²) in [7, 11) is 0. The van der Waals surface area contributed by atoms with Crippen molar-refractivity contribution in [3.63, 3.8) is 0 Å². The summed E-state index contributed by atoms with van der Waals surface area (Å²) in [5, 5.41) is 0. The van der Waals surface area contributed by atoms with Crippen molar-refractivity contribution in [2.24, 2.45) is 0 Å². The monoisotopic (exact) mass is 837 g/mol. The van der Waals surface area contributed by atoms with Crippen LogP contribution < -0.4 is 0 Å². The van der Waals surface area contributed by atoms with Crippen LogP contribution in [0.5, 0.6) is 0 Å². The molecule has 0 aromatic rings. The van der Waals surface area contributed by atoms with Crippen molar-refractivity contribution in [3.05, 3.63) is 72.9 Å². The molecule has 1 unspecified atom stereocenters. The predicted molar refractivity (Wildman–Crippen MR) is 256 cm³/mol. The zero-order chi connectivity index (χ0) is 43.7.